The van der Waals surface area contributed by atoms with Crippen molar-refractivity contribution in [2.24, 2.45) is 0 Å². The lowest BCUT2D eigenvalue weighted by Crippen LogP contribution is -2.35. The van der Waals surface area contributed by atoms with Crippen LogP contribution < -0.4 is 5.32 Å². The summed E-state index contributed by atoms with van der Waals surface area (Å²) < 4.78 is 5.71. The normalized spacial score (nSPS) is 21.5. The minimum absolute atomic E-state index is 0.320. The number of ether oxygens (including phenoxy) is 1. The van der Waals surface area contributed by atoms with Gasteiger partial charge in [0.2, 0.25) is 0 Å². The summed E-state index contributed by atoms with van der Waals surface area (Å²) in [4.78, 5) is 2.55. The lowest BCUT2D eigenvalue weighted by Gasteiger charge is -2.30. The fraction of sp³-hybridized carbons (Fsp3) is 0.625. The van der Waals surface area contributed by atoms with E-state index in [4.69, 9.17) is 4.74 Å². The van der Waals surface area contributed by atoms with E-state index in [0.29, 0.717) is 12.1 Å². The van der Waals surface area contributed by atoms with E-state index in [-0.39, 0.29) is 0 Å². The van der Waals surface area contributed by atoms with Crippen LogP contribution in [0.3, 0.4) is 0 Å². The number of benzene rings is 1. The first-order chi connectivity index (χ1) is 9.27. The summed E-state index contributed by atoms with van der Waals surface area (Å²) >= 11 is 0. The van der Waals surface area contributed by atoms with Crippen molar-refractivity contribution in [2.75, 3.05) is 32.8 Å². The van der Waals surface area contributed by atoms with Gasteiger partial charge >= 0.3 is 0 Å². The smallest absolute Gasteiger partial charge is 0.0597 e. The van der Waals surface area contributed by atoms with Gasteiger partial charge in [0.25, 0.3) is 0 Å². The molecule has 19 heavy (non-hydrogen) atoms. The zero-order chi connectivity index (χ0) is 13.5. The standard InChI is InChI=1S/C16H26N2O/c1-14(2)19-12-11-18-10-6-9-17-13-16(18)15-7-4-3-5-8-15/h3-5,7-8,14,16-17H,6,9-13H2,1-2H3. The number of nitrogens with zero attached hydrogens (tertiary/aromatic N) is 1. The number of hydrogen-bond donors (Lipinski definition) is 1. The van der Waals surface area contributed by atoms with Crippen LogP contribution in [-0.4, -0.2) is 43.8 Å². The molecule has 3 nitrogen and oxygen atoms in total. The average Bonchev–Trinajstić information content (AvgIpc) is 2.65. The third-order valence-corrected chi connectivity index (χ3v) is 3.59. The molecule has 0 aliphatic carbocycles. The first-order valence-electron chi connectivity index (χ1n) is 7.38. The molecule has 0 amide bonds. The second-order valence-electron chi connectivity index (χ2n) is 5.44. The Morgan fingerprint density at radius 2 is 2.11 bits per heavy atom. The molecule has 0 aromatic heterocycles. The Hall–Kier alpha value is -0.900. The third-order valence-electron chi connectivity index (χ3n) is 3.59. The summed E-state index contributed by atoms with van der Waals surface area (Å²) in [5.74, 6) is 0. The Morgan fingerprint density at radius 1 is 1.32 bits per heavy atom. The van der Waals surface area contributed by atoms with Crippen LogP contribution in [0.5, 0.6) is 0 Å². The van der Waals surface area contributed by atoms with Crippen molar-refractivity contribution in [1.82, 2.24) is 10.2 Å². The van der Waals surface area contributed by atoms with Crippen LogP contribution in [0.15, 0.2) is 30.3 Å². The van der Waals surface area contributed by atoms with E-state index >= 15 is 0 Å². The van der Waals surface area contributed by atoms with E-state index in [1.807, 2.05) is 0 Å². The van der Waals surface area contributed by atoms with Crippen LogP contribution in [-0.2, 0) is 4.74 Å². The third kappa shape index (κ3) is 4.60. The fourth-order valence-corrected chi connectivity index (χ4v) is 2.61. The van der Waals surface area contributed by atoms with E-state index in [2.05, 4.69) is 54.4 Å². The molecule has 1 heterocycles. The van der Waals surface area contributed by atoms with Gasteiger partial charge in [-0.3, -0.25) is 4.90 Å². The van der Waals surface area contributed by atoms with Crippen molar-refractivity contribution in [3.63, 3.8) is 0 Å². The Morgan fingerprint density at radius 3 is 2.84 bits per heavy atom. The second-order valence-corrected chi connectivity index (χ2v) is 5.44. The van der Waals surface area contributed by atoms with Crippen LogP contribution in [0.25, 0.3) is 0 Å². The molecule has 1 aliphatic heterocycles. The Kier molecular flexibility index (Phi) is 5.83. The fourth-order valence-electron chi connectivity index (χ4n) is 2.61. The van der Waals surface area contributed by atoms with E-state index in [1.165, 1.54) is 12.0 Å². The molecule has 0 spiro atoms. The molecular weight excluding hydrogens is 236 g/mol. The van der Waals surface area contributed by atoms with Crippen molar-refractivity contribution in [3.05, 3.63) is 35.9 Å². The summed E-state index contributed by atoms with van der Waals surface area (Å²) in [5, 5.41) is 3.54. The Labute approximate surface area is 116 Å². The largest absolute Gasteiger partial charge is 0.377 e. The highest BCUT2D eigenvalue weighted by Gasteiger charge is 2.21. The predicted octanol–water partition coefficient (Wildman–Crippen LogP) is 2.45. The molecule has 1 aromatic carbocycles. The van der Waals surface area contributed by atoms with Gasteiger partial charge in [0, 0.05) is 25.7 Å². The van der Waals surface area contributed by atoms with Crippen LogP contribution in [0.1, 0.15) is 31.9 Å². The molecule has 2 rings (SSSR count). The Bertz CT molecular complexity index is 353. The summed E-state index contributed by atoms with van der Waals surface area (Å²) in [7, 11) is 0. The molecule has 1 unspecified atom stereocenters. The summed E-state index contributed by atoms with van der Waals surface area (Å²) in [6.07, 6.45) is 1.53. The SMILES string of the molecule is CC(C)OCCN1CCCNCC1c1ccccc1. The zero-order valence-electron chi connectivity index (χ0n) is 12.1. The number of nitrogens with one attached hydrogen (secondary N) is 1. The molecule has 1 saturated heterocycles. The first kappa shape index (κ1) is 14.5. The van der Waals surface area contributed by atoms with Gasteiger partial charge in [0.05, 0.1) is 12.7 Å². The molecule has 1 fully saturated rings. The molecule has 1 aliphatic rings. The van der Waals surface area contributed by atoms with Gasteiger partial charge in [-0.1, -0.05) is 30.3 Å². The Balaban J connectivity index is 1.99. The molecular formula is C16H26N2O. The number of hydrogen-bond acceptors (Lipinski definition) is 3. The average molecular weight is 262 g/mol. The molecule has 106 valence electrons. The summed E-state index contributed by atoms with van der Waals surface area (Å²) in [6.45, 7) is 9.32. The molecule has 1 N–H and O–H groups in total. The lowest BCUT2D eigenvalue weighted by molar-refractivity contribution is 0.0505. The highest BCUT2D eigenvalue weighted by molar-refractivity contribution is 5.19. The second kappa shape index (κ2) is 7.63. The van der Waals surface area contributed by atoms with Crippen molar-refractivity contribution in [3.8, 4) is 0 Å². The van der Waals surface area contributed by atoms with E-state index in [9.17, 15) is 0 Å². The van der Waals surface area contributed by atoms with Crippen LogP contribution in [0.4, 0.5) is 0 Å². The quantitative estimate of drug-likeness (QED) is 0.882. The maximum atomic E-state index is 5.71. The minimum atomic E-state index is 0.320. The predicted molar refractivity (Wildman–Crippen MR) is 79.3 cm³/mol. The van der Waals surface area contributed by atoms with Crippen molar-refractivity contribution < 1.29 is 4.74 Å². The van der Waals surface area contributed by atoms with Gasteiger partial charge in [0.15, 0.2) is 0 Å². The van der Waals surface area contributed by atoms with Gasteiger partial charge in [-0.25, -0.2) is 0 Å². The highest BCUT2D eigenvalue weighted by atomic mass is 16.5. The van der Waals surface area contributed by atoms with Crippen LogP contribution >= 0.6 is 0 Å². The van der Waals surface area contributed by atoms with Crippen molar-refractivity contribution in [2.45, 2.75) is 32.4 Å². The lowest BCUT2D eigenvalue weighted by atomic mass is 10.1. The van der Waals surface area contributed by atoms with Gasteiger partial charge < -0.3 is 10.1 Å². The zero-order valence-corrected chi connectivity index (χ0v) is 12.1. The van der Waals surface area contributed by atoms with Crippen molar-refractivity contribution >= 4 is 0 Å². The maximum absolute atomic E-state index is 5.71. The van der Waals surface area contributed by atoms with E-state index in [1.54, 1.807) is 0 Å². The molecule has 0 bridgehead atoms. The molecule has 3 heteroatoms. The van der Waals surface area contributed by atoms with E-state index in [0.717, 1.165) is 32.8 Å². The van der Waals surface area contributed by atoms with Crippen LogP contribution in [0, 0.1) is 0 Å². The molecule has 0 saturated carbocycles. The van der Waals surface area contributed by atoms with Gasteiger partial charge in [-0.2, -0.15) is 0 Å². The maximum Gasteiger partial charge on any atom is 0.0597 e. The highest BCUT2D eigenvalue weighted by Crippen LogP contribution is 2.21. The molecule has 1 aromatic rings. The minimum Gasteiger partial charge on any atom is -0.377 e. The molecule has 1 atom stereocenters. The van der Waals surface area contributed by atoms with Gasteiger partial charge in [-0.05, 0) is 32.4 Å². The summed E-state index contributed by atoms with van der Waals surface area (Å²) in [5.41, 5.74) is 1.40. The number of rotatable bonds is 5. The van der Waals surface area contributed by atoms with Gasteiger partial charge in [0.1, 0.15) is 0 Å². The van der Waals surface area contributed by atoms with Gasteiger partial charge in [-0.15, -0.1) is 0 Å². The van der Waals surface area contributed by atoms with Crippen molar-refractivity contribution in [1.29, 1.82) is 0 Å². The first-order valence-corrected chi connectivity index (χ1v) is 7.38. The monoisotopic (exact) mass is 262 g/mol. The molecule has 0 radical (unpaired) electrons. The van der Waals surface area contributed by atoms with E-state index < -0.39 is 0 Å². The van der Waals surface area contributed by atoms with Crippen LogP contribution in [0.2, 0.25) is 0 Å². The topological polar surface area (TPSA) is 24.5 Å². The summed E-state index contributed by atoms with van der Waals surface area (Å²) in [6, 6.07) is 11.3.